The molecule has 112 valence electrons. The van der Waals surface area contributed by atoms with Crippen molar-refractivity contribution in [3.63, 3.8) is 0 Å². The van der Waals surface area contributed by atoms with Crippen LogP contribution in [0.15, 0.2) is 16.6 Å². The molecule has 0 spiro atoms. The third-order valence-electron chi connectivity index (χ3n) is 2.67. The van der Waals surface area contributed by atoms with Gasteiger partial charge in [0.1, 0.15) is 5.82 Å². The fraction of sp³-hybridized carbons (Fsp3) is 0.250. The van der Waals surface area contributed by atoms with Gasteiger partial charge in [0.25, 0.3) is 0 Å². The van der Waals surface area contributed by atoms with Crippen molar-refractivity contribution in [2.75, 3.05) is 29.7 Å². The standard InChI is InChI=1S/C12H15BrFN7/c1-6-4-7(13)8(14)5-9(6)16-10-17-11(20-15)19-12(18-10)21(2)3/h4-5H,15H2,1-3H3,(H2,16,17,18,19,20). The van der Waals surface area contributed by atoms with E-state index in [2.05, 4.69) is 41.6 Å². The number of hydrogen-bond acceptors (Lipinski definition) is 7. The average molecular weight is 356 g/mol. The van der Waals surface area contributed by atoms with Crippen LogP contribution in [0, 0.1) is 12.7 Å². The van der Waals surface area contributed by atoms with Gasteiger partial charge >= 0.3 is 0 Å². The fourth-order valence-corrected chi connectivity index (χ4v) is 2.04. The number of hydrogen-bond donors (Lipinski definition) is 3. The van der Waals surface area contributed by atoms with Crippen molar-refractivity contribution in [2.24, 2.45) is 5.84 Å². The number of nitrogens with zero attached hydrogens (tertiary/aromatic N) is 4. The summed E-state index contributed by atoms with van der Waals surface area (Å²) in [5.41, 5.74) is 3.78. The highest BCUT2D eigenvalue weighted by molar-refractivity contribution is 9.10. The van der Waals surface area contributed by atoms with E-state index in [1.165, 1.54) is 6.07 Å². The first kappa shape index (κ1) is 15.4. The Morgan fingerprint density at radius 2 is 1.86 bits per heavy atom. The number of hydrazine groups is 1. The first-order valence-electron chi connectivity index (χ1n) is 6.03. The molecular formula is C12H15BrFN7. The number of halogens is 2. The minimum absolute atomic E-state index is 0.214. The van der Waals surface area contributed by atoms with Gasteiger partial charge in [0.2, 0.25) is 17.8 Å². The summed E-state index contributed by atoms with van der Waals surface area (Å²) in [6, 6.07) is 3.04. The van der Waals surface area contributed by atoms with Crippen LogP contribution < -0.4 is 21.5 Å². The van der Waals surface area contributed by atoms with E-state index in [1.807, 2.05) is 6.92 Å². The van der Waals surface area contributed by atoms with E-state index in [0.29, 0.717) is 16.1 Å². The van der Waals surface area contributed by atoms with Crippen molar-refractivity contribution in [2.45, 2.75) is 6.92 Å². The molecule has 0 saturated heterocycles. The second-order valence-electron chi connectivity index (χ2n) is 4.53. The Balaban J connectivity index is 2.39. The average Bonchev–Trinajstić information content (AvgIpc) is 2.44. The molecule has 0 radical (unpaired) electrons. The Morgan fingerprint density at radius 3 is 2.48 bits per heavy atom. The number of nitrogens with one attached hydrogen (secondary N) is 2. The highest BCUT2D eigenvalue weighted by atomic mass is 79.9. The van der Waals surface area contributed by atoms with Crippen LogP contribution in [0.4, 0.5) is 27.9 Å². The van der Waals surface area contributed by atoms with Crippen LogP contribution in [0.3, 0.4) is 0 Å². The fourth-order valence-electron chi connectivity index (χ4n) is 1.59. The van der Waals surface area contributed by atoms with Crippen molar-refractivity contribution < 1.29 is 4.39 Å². The van der Waals surface area contributed by atoms with Crippen molar-refractivity contribution in [3.05, 3.63) is 28.0 Å². The molecule has 0 amide bonds. The topological polar surface area (TPSA) is 92.0 Å². The lowest BCUT2D eigenvalue weighted by Crippen LogP contribution is -2.18. The highest BCUT2D eigenvalue weighted by Gasteiger charge is 2.10. The molecule has 1 aromatic carbocycles. The van der Waals surface area contributed by atoms with Crippen LogP contribution >= 0.6 is 15.9 Å². The summed E-state index contributed by atoms with van der Waals surface area (Å²) in [5, 5.41) is 2.96. The van der Waals surface area contributed by atoms with Gasteiger partial charge in [-0.25, -0.2) is 10.2 Å². The van der Waals surface area contributed by atoms with Gasteiger partial charge in [-0.2, -0.15) is 15.0 Å². The van der Waals surface area contributed by atoms with Crippen LogP contribution in [-0.2, 0) is 0 Å². The van der Waals surface area contributed by atoms with Gasteiger partial charge in [0, 0.05) is 19.8 Å². The lowest BCUT2D eigenvalue weighted by atomic mass is 10.2. The summed E-state index contributed by atoms with van der Waals surface area (Å²) in [7, 11) is 3.59. The quantitative estimate of drug-likeness (QED) is 0.571. The molecule has 0 atom stereocenters. The van der Waals surface area contributed by atoms with E-state index in [4.69, 9.17) is 5.84 Å². The van der Waals surface area contributed by atoms with Gasteiger partial charge < -0.3 is 10.2 Å². The van der Waals surface area contributed by atoms with Crippen LogP contribution in [0.1, 0.15) is 5.56 Å². The molecular weight excluding hydrogens is 341 g/mol. The van der Waals surface area contributed by atoms with E-state index < -0.39 is 0 Å². The summed E-state index contributed by atoms with van der Waals surface area (Å²) < 4.78 is 14.0. The van der Waals surface area contributed by atoms with Crippen LogP contribution in [0.5, 0.6) is 0 Å². The molecule has 2 rings (SSSR count). The maximum atomic E-state index is 13.6. The minimum atomic E-state index is -0.373. The number of rotatable bonds is 4. The second kappa shape index (κ2) is 6.19. The van der Waals surface area contributed by atoms with Gasteiger partial charge in [-0.15, -0.1) is 0 Å². The van der Waals surface area contributed by atoms with E-state index >= 15 is 0 Å². The molecule has 0 fully saturated rings. The number of anilines is 4. The number of aryl methyl sites for hydroxylation is 1. The Kier molecular flexibility index (Phi) is 4.53. The predicted molar refractivity (Wildman–Crippen MR) is 84.1 cm³/mol. The number of nitrogens with two attached hydrogens (primary N) is 1. The zero-order valence-corrected chi connectivity index (χ0v) is 13.4. The Morgan fingerprint density at radius 1 is 1.19 bits per heavy atom. The van der Waals surface area contributed by atoms with Gasteiger partial charge in [0.15, 0.2) is 0 Å². The molecule has 2 aromatic rings. The van der Waals surface area contributed by atoms with Crippen LogP contribution in [0.25, 0.3) is 0 Å². The van der Waals surface area contributed by atoms with Gasteiger partial charge in [-0.1, -0.05) is 0 Å². The largest absolute Gasteiger partial charge is 0.347 e. The monoisotopic (exact) mass is 355 g/mol. The smallest absolute Gasteiger partial charge is 0.243 e. The third-order valence-corrected chi connectivity index (χ3v) is 3.27. The SMILES string of the molecule is Cc1cc(Br)c(F)cc1Nc1nc(NN)nc(N(C)C)n1. The number of nitrogen functional groups attached to an aromatic ring is 1. The van der Waals surface area contributed by atoms with Crippen molar-refractivity contribution in [1.82, 2.24) is 15.0 Å². The maximum absolute atomic E-state index is 13.6. The van der Waals surface area contributed by atoms with E-state index in [1.54, 1.807) is 25.1 Å². The van der Waals surface area contributed by atoms with Gasteiger partial charge in [-0.3, -0.25) is 5.43 Å². The molecule has 4 N–H and O–H groups in total. The first-order chi connectivity index (χ1) is 9.90. The van der Waals surface area contributed by atoms with Crippen LogP contribution in [-0.4, -0.2) is 29.0 Å². The summed E-state index contributed by atoms with van der Waals surface area (Å²) in [5.74, 6) is 5.88. The van der Waals surface area contributed by atoms with Gasteiger partial charge in [0.05, 0.1) is 4.47 Å². The Bertz CT molecular complexity index is 662. The molecule has 0 aliphatic rings. The van der Waals surface area contributed by atoms with Crippen molar-refractivity contribution in [1.29, 1.82) is 0 Å². The van der Waals surface area contributed by atoms with E-state index in [9.17, 15) is 4.39 Å². The molecule has 1 aromatic heterocycles. The second-order valence-corrected chi connectivity index (χ2v) is 5.38. The number of benzene rings is 1. The maximum Gasteiger partial charge on any atom is 0.243 e. The van der Waals surface area contributed by atoms with E-state index in [0.717, 1.165) is 5.56 Å². The third kappa shape index (κ3) is 3.56. The summed E-state index contributed by atoms with van der Waals surface area (Å²) in [6.45, 7) is 1.85. The highest BCUT2D eigenvalue weighted by Crippen LogP contribution is 2.26. The van der Waals surface area contributed by atoms with Crippen LogP contribution in [0.2, 0.25) is 0 Å². The molecule has 0 aliphatic carbocycles. The molecule has 7 nitrogen and oxygen atoms in total. The Hall–Kier alpha value is -2.00. The van der Waals surface area contributed by atoms with Gasteiger partial charge in [-0.05, 0) is 40.5 Å². The molecule has 21 heavy (non-hydrogen) atoms. The Labute approximate surface area is 129 Å². The minimum Gasteiger partial charge on any atom is -0.347 e. The molecule has 0 aliphatic heterocycles. The zero-order valence-electron chi connectivity index (χ0n) is 11.8. The van der Waals surface area contributed by atoms with Crippen molar-refractivity contribution in [3.8, 4) is 0 Å². The zero-order chi connectivity index (χ0) is 15.6. The predicted octanol–water partition coefficient (Wildman–Crippen LogP) is 2.18. The summed E-state index contributed by atoms with van der Waals surface area (Å²) in [4.78, 5) is 14.1. The lowest BCUT2D eigenvalue weighted by Gasteiger charge is -2.14. The normalized spacial score (nSPS) is 10.4. The summed E-state index contributed by atoms with van der Waals surface area (Å²) >= 11 is 3.14. The van der Waals surface area contributed by atoms with Crippen molar-refractivity contribution >= 4 is 39.5 Å². The lowest BCUT2D eigenvalue weighted by molar-refractivity contribution is 0.621. The first-order valence-corrected chi connectivity index (χ1v) is 6.82. The molecule has 0 saturated carbocycles. The summed E-state index contributed by atoms with van der Waals surface area (Å²) in [6.07, 6.45) is 0. The molecule has 9 heteroatoms. The van der Waals surface area contributed by atoms with E-state index in [-0.39, 0.29) is 17.7 Å². The molecule has 0 bridgehead atoms. The molecule has 1 heterocycles. The molecule has 0 unspecified atom stereocenters. The number of aromatic nitrogens is 3.